The summed E-state index contributed by atoms with van der Waals surface area (Å²) in [5.41, 5.74) is 2.07. The standard InChI is InChI=1S/C20H29N5O3S2/c1-6-24(7-2)18(26)16-14(4)15(19(27)28-5)17(30-16)23-20(29)21-9-8-10-25-12-13(3)11-22-25/h11-12H,6-10H2,1-5H3,(H2,21,23,29). The number of anilines is 1. The van der Waals surface area contributed by atoms with Crippen LogP contribution in [0.2, 0.25) is 0 Å². The monoisotopic (exact) mass is 451 g/mol. The van der Waals surface area contributed by atoms with E-state index in [4.69, 9.17) is 17.0 Å². The number of aryl methyl sites for hydroxylation is 2. The lowest BCUT2D eigenvalue weighted by Crippen LogP contribution is -2.30. The number of amides is 1. The van der Waals surface area contributed by atoms with Gasteiger partial charge in [0.1, 0.15) is 5.00 Å². The van der Waals surface area contributed by atoms with Crippen molar-refractivity contribution in [1.82, 2.24) is 20.0 Å². The number of thiocarbonyl (C=S) groups is 1. The maximum absolute atomic E-state index is 12.8. The molecule has 0 aliphatic carbocycles. The van der Waals surface area contributed by atoms with Gasteiger partial charge < -0.3 is 20.3 Å². The summed E-state index contributed by atoms with van der Waals surface area (Å²) in [6.45, 7) is 10.2. The molecule has 164 valence electrons. The number of carbonyl (C=O) groups excluding carboxylic acids is 2. The van der Waals surface area contributed by atoms with Crippen LogP contribution in [0.3, 0.4) is 0 Å². The first kappa shape index (κ1) is 23.8. The smallest absolute Gasteiger partial charge is 0.341 e. The van der Waals surface area contributed by atoms with Crippen LogP contribution in [0.25, 0.3) is 0 Å². The van der Waals surface area contributed by atoms with Crippen molar-refractivity contribution in [2.75, 3.05) is 32.1 Å². The van der Waals surface area contributed by atoms with Crippen molar-refractivity contribution in [3.05, 3.63) is 34.0 Å². The summed E-state index contributed by atoms with van der Waals surface area (Å²) >= 11 is 6.60. The van der Waals surface area contributed by atoms with Gasteiger partial charge in [0.05, 0.1) is 23.7 Å². The Kier molecular flexibility index (Phi) is 8.79. The highest BCUT2D eigenvalue weighted by molar-refractivity contribution is 7.80. The van der Waals surface area contributed by atoms with E-state index in [1.165, 1.54) is 18.4 Å². The van der Waals surface area contributed by atoms with E-state index in [0.29, 0.717) is 45.8 Å². The van der Waals surface area contributed by atoms with Crippen LogP contribution in [0.15, 0.2) is 12.4 Å². The van der Waals surface area contributed by atoms with Crippen LogP contribution in [0.4, 0.5) is 5.00 Å². The van der Waals surface area contributed by atoms with Gasteiger partial charge in [-0.3, -0.25) is 9.48 Å². The predicted molar refractivity (Wildman–Crippen MR) is 123 cm³/mol. The zero-order valence-electron chi connectivity index (χ0n) is 18.1. The second-order valence-electron chi connectivity index (χ2n) is 6.74. The number of hydrogen-bond donors (Lipinski definition) is 2. The summed E-state index contributed by atoms with van der Waals surface area (Å²) in [5.74, 6) is -0.601. The molecule has 2 N–H and O–H groups in total. The Morgan fingerprint density at radius 1 is 1.30 bits per heavy atom. The summed E-state index contributed by atoms with van der Waals surface area (Å²) in [5, 5.41) is 11.3. The van der Waals surface area contributed by atoms with E-state index in [-0.39, 0.29) is 5.91 Å². The van der Waals surface area contributed by atoms with Gasteiger partial charge in [-0.2, -0.15) is 5.10 Å². The van der Waals surface area contributed by atoms with Gasteiger partial charge in [0.15, 0.2) is 5.11 Å². The first-order chi connectivity index (χ1) is 14.3. The Hall–Kier alpha value is -2.46. The van der Waals surface area contributed by atoms with Crippen molar-refractivity contribution >= 4 is 45.5 Å². The van der Waals surface area contributed by atoms with E-state index in [1.807, 2.05) is 37.8 Å². The van der Waals surface area contributed by atoms with E-state index in [9.17, 15) is 9.59 Å². The summed E-state index contributed by atoms with van der Waals surface area (Å²) in [4.78, 5) is 27.4. The molecule has 2 heterocycles. The number of esters is 1. The van der Waals surface area contributed by atoms with Gasteiger partial charge in [-0.25, -0.2) is 4.79 Å². The first-order valence-electron chi connectivity index (χ1n) is 9.87. The van der Waals surface area contributed by atoms with E-state index < -0.39 is 5.97 Å². The third-order valence-electron chi connectivity index (χ3n) is 4.62. The number of rotatable bonds is 9. The summed E-state index contributed by atoms with van der Waals surface area (Å²) in [7, 11) is 1.32. The van der Waals surface area contributed by atoms with Gasteiger partial charge in [0.25, 0.3) is 5.91 Å². The second kappa shape index (κ2) is 11.1. The Morgan fingerprint density at radius 2 is 2.00 bits per heavy atom. The van der Waals surface area contributed by atoms with E-state index in [1.54, 1.807) is 11.8 Å². The van der Waals surface area contributed by atoms with Crippen molar-refractivity contribution in [1.29, 1.82) is 0 Å². The van der Waals surface area contributed by atoms with Crippen LogP contribution in [0.5, 0.6) is 0 Å². The van der Waals surface area contributed by atoms with Crippen molar-refractivity contribution in [2.24, 2.45) is 0 Å². The molecule has 30 heavy (non-hydrogen) atoms. The number of hydrogen-bond acceptors (Lipinski definition) is 6. The molecule has 2 aromatic rings. The highest BCUT2D eigenvalue weighted by Crippen LogP contribution is 2.34. The fraction of sp³-hybridized carbons (Fsp3) is 0.500. The summed E-state index contributed by atoms with van der Waals surface area (Å²) in [6, 6.07) is 0. The van der Waals surface area contributed by atoms with Crippen LogP contribution in [-0.4, -0.2) is 58.4 Å². The fourth-order valence-corrected chi connectivity index (χ4v) is 4.42. The van der Waals surface area contributed by atoms with Crippen LogP contribution < -0.4 is 10.6 Å². The molecular weight excluding hydrogens is 422 g/mol. The molecule has 2 aromatic heterocycles. The number of aromatic nitrogens is 2. The lowest BCUT2D eigenvalue weighted by Gasteiger charge is -2.17. The molecular formula is C20H29N5O3S2. The third-order valence-corrected chi connectivity index (χ3v) is 6.06. The number of nitrogens with zero attached hydrogens (tertiary/aromatic N) is 3. The summed E-state index contributed by atoms with van der Waals surface area (Å²) in [6.07, 6.45) is 4.65. The van der Waals surface area contributed by atoms with Crippen molar-refractivity contribution in [3.8, 4) is 0 Å². The van der Waals surface area contributed by atoms with Gasteiger partial charge in [0, 0.05) is 32.4 Å². The lowest BCUT2D eigenvalue weighted by molar-refractivity contribution is 0.0601. The maximum Gasteiger partial charge on any atom is 0.341 e. The first-order valence-corrected chi connectivity index (χ1v) is 11.1. The fourth-order valence-electron chi connectivity index (χ4n) is 2.99. The Labute approximate surface area is 186 Å². The molecule has 0 atom stereocenters. The van der Waals surface area contributed by atoms with Crippen LogP contribution in [-0.2, 0) is 11.3 Å². The van der Waals surface area contributed by atoms with Gasteiger partial charge >= 0.3 is 5.97 Å². The molecule has 0 aromatic carbocycles. The molecule has 0 saturated carbocycles. The molecule has 10 heteroatoms. The maximum atomic E-state index is 12.8. The Balaban J connectivity index is 2.07. The highest BCUT2D eigenvalue weighted by atomic mass is 32.1. The Morgan fingerprint density at radius 3 is 2.57 bits per heavy atom. The number of thiophene rings is 1. The molecule has 1 amide bonds. The zero-order valence-corrected chi connectivity index (χ0v) is 19.7. The molecule has 0 aliphatic rings. The molecule has 0 bridgehead atoms. The number of ether oxygens (including phenoxy) is 1. The molecule has 0 spiro atoms. The van der Waals surface area contributed by atoms with Crippen molar-refractivity contribution in [3.63, 3.8) is 0 Å². The third kappa shape index (κ3) is 5.79. The zero-order chi connectivity index (χ0) is 22.3. The SMILES string of the molecule is CCN(CC)C(=O)c1sc(NC(=S)NCCCn2cc(C)cn2)c(C(=O)OC)c1C. The average Bonchev–Trinajstić information content (AvgIpc) is 3.28. The number of methoxy groups -OCH3 is 1. The van der Waals surface area contributed by atoms with Gasteiger partial charge in [-0.05, 0) is 57.5 Å². The highest BCUT2D eigenvalue weighted by Gasteiger charge is 2.27. The minimum Gasteiger partial charge on any atom is -0.465 e. The Bertz CT molecular complexity index is 902. The minimum atomic E-state index is -0.498. The normalized spacial score (nSPS) is 10.6. The largest absolute Gasteiger partial charge is 0.465 e. The molecule has 8 nitrogen and oxygen atoms in total. The van der Waals surface area contributed by atoms with Crippen LogP contribution in [0.1, 0.15) is 51.4 Å². The second-order valence-corrected chi connectivity index (χ2v) is 8.17. The van der Waals surface area contributed by atoms with Gasteiger partial charge in [-0.1, -0.05) is 0 Å². The van der Waals surface area contributed by atoms with E-state index >= 15 is 0 Å². The molecule has 0 aliphatic heterocycles. The summed E-state index contributed by atoms with van der Waals surface area (Å²) < 4.78 is 6.81. The molecule has 0 radical (unpaired) electrons. The topological polar surface area (TPSA) is 88.5 Å². The predicted octanol–water partition coefficient (Wildman–Crippen LogP) is 3.21. The average molecular weight is 452 g/mol. The van der Waals surface area contributed by atoms with Crippen LogP contribution in [0, 0.1) is 13.8 Å². The molecule has 0 unspecified atom stereocenters. The van der Waals surface area contributed by atoms with Crippen molar-refractivity contribution in [2.45, 2.75) is 40.7 Å². The minimum absolute atomic E-state index is 0.103. The number of carbonyl (C=O) groups is 2. The van der Waals surface area contributed by atoms with Crippen LogP contribution >= 0.6 is 23.6 Å². The van der Waals surface area contributed by atoms with Gasteiger partial charge in [0.2, 0.25) is 0 Å². The van der Waals surface area contributed by atoms with Gasteiger partial charge in [-0.15, -0.1) is 11.3 Å². The van der Waals surface area contributed by atoms with E-state index in [0.717, 1.165) is 18.5 Å². The van der Waals surface area contributed by atoms with E-state index in [2.05, 4.69) is 15.7 Å². The quantitative estimate of drug-likeness (QED) is 0.344. The van der Waals surface area contributed by atoms with Crippen molar-refractivity contribution < 1.29 is 14.3 Å². The molecule has 0 fully saturated rings. The number of nitrogens with one attached hydrogen (secondary N) is 2. The molecule has 2 rings (SSSR count). The lowest BCUT2D eigenvalue weighted by atomic mass is 10.1. The molecule has 0 saturated heterocycles.